The number of hydrogen-bond donors (Lipinski definition) is 2. The molecule has 7 nitrogen and oxygen atoms in total. The summed E-state index contributed by atoms with van der Waals surface area (Å²) in [7, 11) is 1.74. The van der Waals surface area contributed by atoms with Crippen LogP contribution >= 0.6 is 11.6 Å². The Bertz CT molecular complexity index is 888. The molecular formula is C17H21ClN4O3. The number of carbonyl (C=O) groups is 1. The largest absolute Gasteiger partial charge is 0.384 e. The molecule has 3 N–H and O–H groups in total. The smallest absolute Gasteiger partial charge is 0.329 e. The molecule has 0 fully saturated rings. The lowest BCUT2D eigenvalue weighted by atomic mass is 10.1. The molecule has 134 valence electrons. The normalized spacial score (nSPS) is 11.0. The van der Waals surface area contributed by atoms with E-state index in [1.165, 1.54) is 4.57 Å². The van der Waals surface area contributed by atoms with Crippen molar-refractivity contribution >= 4 is 23.2 Å². The Morgan fingerprint density at radius 3 is 2.64 bits per heavy atom. The van der Waals surface area contributed by atoms with Gasteiger partial charge in [0.15, 0.2) is 5.78 Å². The molecular weight excluding hydrogens is 344 g/mol. The van der Waals surface area contributed by atoms with Crippen molar-refractivity contribution in [2.75, 3.05) is 19.3 Å². The maximum Gasteiger partial charge on any atom is 0.329 e. The summed E-state index contributed by atoms with van der Waals surface area (Å²) >= 11 is 6.12. The lowest BCUT2D eigenvalue weighted by Gasteiger charge is -2.17. The summed E-state index contributed by atoms with van der Waals surface area (Å²) in [6.07, 6.45) is 0.649. The summed E-state index contributed by atoms with van der Waals surface area (Å²) in [5, 5.41) is 0.607. The van der Waals surface area contributed by atoms with E-state index in [2.05, 4.69) is 4.98 Å². The fourth-order valence-corrected chi connectivity index (χ4v) is 2.80. The average molecular weight is 365 g/mol. The van der Waals surface area contributed by atoms with Gasteiger partial charge in [-0.2, -0.15) is 0 Å². The second-order valence-electron chi connectivity index (χ2n) is 5.86. The first-order chi connectivity index (χ1) is 11.8. The molecule has 0 aliphatic carbocycles. The van der Waals surface area contributed by atoms with Crippen LogP contribution in [0.5, 0.6) is 0 Å². The summed E-state index contributed by atoms with van der Waals surface area (Å²) in [6.45, 7) is 2.62. The Kier molecular flexibility index (Phi) is 6.17. The molecule has 0 unspecified atom stereocenters. The number of nitrogens with zero attached hydrogens (tertiary/aromatic N) is 2. The molecule has 0 bridgehead atoms. The molecule has 1 aromatic heterocycles. The molecule has 0 radical (unpaired) electrons. The maximum absolute atomic E-state index is 12.5. The lowest BCUT2D eigenvalue weighted by molar-refractivity contribution is 0.0941. The molecule has 0 amide bonds. The predicted molar refractivity (Wildman–Crippen MR) is 98.1 cm³/mol. The number of nitrogens with two attached hydrogens (primary N) is 1. The lowest BCUT2D eigenvalue weighted by Crippen LogP contribution is -2.38. The van der Waals surface area contributed by atoms with E-state index in [-0.39, 0.29) is 17.9 Å². The molecule has 25 heavy (non-hydrogen) atoms. The number of Topliss-reactive ketones (excluding diaryl/α,β-unsaturated/α-hetero) is 1. The van der Waals surface area contributed by atoms with Gasteiger partial charge in [0.2, 0.25) is 0 Å². The van der Waals surface area contributed by atoms with E-state index >= 15 is 0 Å². The number of ketones is 1. The number of H-pyrrole nitrogens is 1. The van der Waals surface area contributed by atoms with Crippen molar-refractivity contribution < 1.29 is 4.79 Å². The number of rotatable bonds is 7. The second kappa shape index (κ2) is 8.13. The molecule has 0 saturated carbocycles. The maximum atomic E-state index is 12.5. The number of nitrogens with one attached hydrogen (secondary N) is 1. The molecule has 0 aliphatic heterocycles. The summed E-state index contributed by atoms with van der Waals surface area (Å²) in [4.78, 5) is 40.3. The van der Waals surface area contributed by atoms with Crippen molar-refractivity contribution in [2.24, 2.45) is 0 Å². The number of carbonyl (C=O) groups excluding carboxylic acids is 1. The van der Waals surface area contributed by atoms with Gasteiger partial charge >= 0.3 is 5.69 Å². The number of aromatic nitrogens is 2. The standard InChI is InChI=1S/C17H21ClN4O3/c1-3-8-22-15(19)14(16(24)20-17(22)25)13(23)10-21(2)9-11-6-4-5-7-12(11)18/h4-7H,3,8-10,19H2,1-2H3,(H,20,24,25). The Balaban J connectivity index is 2.23. The van der Waals surface area contributed by atoms with Gasteiger partial charge in [-0.15, -0.1) is 0 Å². The quantitative estimate of drug-likeness (QED) is 0.725. The van der Waals surface area contributed by atoms with E-state index in [1.807, 2.05) is 25.1 Å². The van der Waals surface area contributed by atoms with Gasteiger partial charge in [-0.25, -0.2) is 4.79 Å². The topological polar surface area (TPSA) is 101 Å². The van der Waals surface area contributed by atoms with Crippen LogP contribution in [0.4, 0.5) is 5.82 Å². The molecule has 0 aliphatic rings. The first-order valence-electron chi connectivity index (χ1n) is 7.92. The van der Waals surface area contributed by atoms with Gasteiger partial charge < -0.3 is 5.73 Å². The second-order valence-corrected chi connectivity index (χ2v) is 6.27. The molecule has 0 atom stereocenters. The summed E-state index contributed by atoms with van der Waals surface area (Å²) < 4.78 is 1.21. The minimum absolute atomic E-state index is 0.0250. The van der Waals surface area contributed by atoms with Crippen LogP contribution in [0.25, 0.3) is 0 Å². The van der Waals surface area contributed by atoms with Crippen LogP contribution in [0, 0.1) is 0 Å². The van der Waals surface area contributed by atoms with Gasteiger partial charge in [0.05, 0.1) is 6.54 Å². The van der Waals surface area contributed by atoms with Gasteiger partial charge in [-0.1, -0.05) is 36.7 Å². The highest BCUT2D eigenvalue weighted by Gasteiger charge is 2.20. The number of aromatic amines is 1. The minimum atomic E-state index is -0.758. The van der Waals surface area contributed by atoms with Crippen LogP contribution in [-0.4, -0.2) is 33.8 Å². The number of anilines is 1. The Hall–Kier alpha value is -2.38. The average Bonchev–Trinajstić information content (AvgIpc) is 2.53. The van der Waals surface area contributed by atoms with Crippen molar-refractivity contribution in [3.63, 3.8) is 0 Å². The van der Waals surface area contributed by atoms with Gasteiger partial charge in [0.1, 0.15) is 11.4 Å². The molecule has 1 aromatic carbocycles. The third-order valence-corrected chi connectivity index (χ3v) is 4.15. The third kappa shape index (κ3) is 4.37. The van der Waals surface area contributed by atoms with Crippen molar-refractivity contribution in [1.29, 1.82) is 0 Å². The van der Waals surface area contributed by atoms with Crippen LogP contribution in [0.2, 0.25) is 5.02 Å². The molecule has 0 saturated heterocycles. The van der Waals surface area contributed by atoms with Gasteiger partial charge in [0.25, 0.3) is 5.56 Å². The van der Waals surface area contributed by atoms with E-state index in [1.54, 1.807) is 18.0 Å². The van der Waals surface area contributed by atoms with Crippen molar-refractivity contribution in [3.8, 4) is 0 Å². The minimum Gasteiger partial charge on any atom is -0.384 e. The molecule has 1 heterocycles. The van der Waals surface area contributed by atoms with Crippen LogP contribution in [-0.2, 0) is 13.1 Å². The molecule has 2 rings (SSSR count). The number of halogens is 1. The van der Waals surface area contributed by atoms with Crippen molar-refractivity contribution in [1.82, 2.24) is 14.5 Å². The van der Waals surface area contributed by atoms with Crippen LogP contribution < -0.4 is 17.0 Å². The number of benzene rings is 1. The zero-order valence-corrected chi connectivity index (χ0v) is 15.0. The van der Waals surface area contributed by atoms with E-state index in [9.17, 15) is 14.4 Å². The summed E-state index contributed by atoms with van der Waals surface area (Å²) in [6, 6.07) is 7.33. The Labute approximate surface area is 150 Å². The van der Waals surface area contributed by atoms with Crippen molar-refractivity contribution in [3.05, 3.63) is 61.3 Å². The zero-order chi connectivity index (χ0) is 18.6. The van der Waals surface area contributed by atoms with E-state index < -0.39 is 17.0 Å². The van der Waals surface area contributed by atoms with Gasteiger partial charge in [-0.3, -0.25) is 24.0 Å². The Morgan fingerprint density at radius 2 is 2.00 bits per heavy atom. The fourth-order valence-electron chi connectivity index (χ4n) is 2.60. The monoisotopic (exact) mass is 364 g/mol. The fraction of sp³-hybridized carbons (Fsp3) is 0.353. The van der Waals surface area contributed by atoms with Gasteiger partial charge in [-0.05, 0) is 25.1 Å². The highest BCUT2D eigenvalue weighted by atomic mass is 35.5. The SMILES string of the molecule is CCCn1c(N)c(C(=O)CN(C)Cc2ccccc2Cl)c(=O)[nH]c1=O. The van der Waals surface area contributed by atoms with Crippen LogP contribution in [0.1, 0.15) is 29.3 Å². The summed E-state index contributed by atoms with van der Waals surface area (Å²) in [5.41, 5.74) is 5.23. The van der Waals surface area contributed by atoms with E-state index in [0.717, 1.165) is 5.56 Å². The number of likely N-dealkylation sites (N-methyl/N-ethyl adjacent to an activating group) is 1. The van der Waals surface area contributed by atoms with Crippen LogP contribution in [0.15, 0.2) is 33.9 Å². The highest BCUT2D eigenvalue weighted by molar-refractivity contribution is 6.31. The van der Waals surface area contributed by atoms with E-state index in [0.29, 0.717) is 24.5 Å². The first kappa shape index (κ1) is 19.0. The third-order valence-electron chi connectivity index (χ3n) is 3.78. The van der Waals surface area contributed by atoms with Crippen LogP contribution in [0.3, 0.4) is 0 Å². The first-order valence-corrected chi connectivity index (χ1v) is 8.30. The van der Waals surface area contributed by atoms with E-state index in [4.69, 9.17) is 17.3 Å². The number of nitrogen functional groups attached to an aromatic ring is 1. The molecule has 2 aromatic rings. The summed E-state index contributed by atoms with van der Waals surface area (Å²) in [5.74, 6) is -0.537. The zero-order valence-electron chi connectivity index (χ0n) is 14.2. The molecule has 0 spiro atoms. The van der Waals surface area contributed by atoms with Gasteiger partial charge in [0, 0.05) is 18.1 Å². The molecule has 8 heteroatoms. The van der Waals surface area contributed by atoms with Crippen molar-refractivity contribution in [2.45, 2.75) is 26.4 Å². The number of hydrogen-bond acceptors (Lipinski definition) is 5. The highest BCUT2D eigenvalue weighted by Crippen LogP contribution is 2.16. The predicted octanol–water partition coefficient (Wildman–Crippen LogP) is 1.50. The Morgan fingerprint density at radius 1 is 1.32 bits per heavy atom.